The van der Waals surface area contributed by atoms with E-state index >= 15 is 0 Å². The van der Waals surface area contributed by atoms with Crippen molar-refractivity contribution in [3.63, 3.8) is 0 Å². The standard InChI is InChI=1S/C15H30N2O4/c1-12(2)20-11-13(18)10-16-6-8-17(9-7-16)14(19)21-15(3,4)5/h12-13,18H,6-11H2,1-5H3/t13-/m0/s1. The molecule has 6 nitrogen and oxygen atoms in total. The number of piperazine rings is 1. The number of aliphatic hydroxyl groups excluding tert-OH is 1. The Kier molecular flexibility index (Phi) is 6.90. The van der Waals surface area contributed by atoms with Crippen LogP contribution in [-0.4, -0.2) is 78.1 Å². The zero-order valence-electron chi connectivity index (χ0n) is 14.0. The predicted octanol–water partition coefficient (Wildman–Crippen LogP) is 1.32. The van der Waals surface area contributed by atoms with Gasteiger partial charge in [0.2, 0.25) is 0 Å². The zero-order valence-corrected chi connectivity index (χ0v) is 14.0. The second-order valence-corrected chi connectivity index (χ2v) is 6.80. The summed E-state index contributed by atoms with van der Waals surface area (Å²) in [6, 6.07) is 0. The first kappa shape index (κ1) is 18.2. The molecule has 1 amide bonds. The summed E-state index contributed by atoms with van der Waals surface area (Å²) < 4.78 is 10.8. The number of β-amino-alcohol motifs (C(OH)–C–C–N with tert-alkyl or cyclic N) is 1. The van der Waals surface area contributed by atoms with Gasteiger partial charge in [-0.15, -0.1) is 0 Å². The van der Waals surface area contributed by atoms with Crippen molar-refractivity contribution in [2.24, 2.45) is 0 Å². The highest BCUT2D eigenvalue weighted by molar-refractivity contribution is 5.68. The number of aliphatic hydroxyl groups is 1. The Morgan fingerprint density at radius 3 is 2.24 bits per heavy atom. The van der Waals surface area contributed by atoms with E-state index in [1.165, 1.54) is 0 Å². The minimum Gasteiger partial charge on any atom is -0.444 e. The number of ether oxygens (including phenoxy) is 2. The fourth-order valence-corrected chi connectivity index (χ4v) is 2.09. The Morgan fingerprint density at radius 2 is 1.76 bits per heavy atom. The molecule has 0 bridgehead atoms. The summed E-state index contributed by atoms with van der Waals surface area (Å²) in [5.41, 5.74) is -0.460. The van der Waals surface area contributed by atoms with Crippen molar-refractivity contribution in [1.29, 1.82) is 0 Å². The van der Waals surface area contributed by atoms with Crippen molar-refractivity contribution in [2.75, 3.05) is 39.3 Å². The van der Waals surface area contributed by atoms with Crippen molar-refractivity contribution in [3.8, 4) is 0 Å². The third-order valence-electron chi connectivity index (χ3n) is 3.11. The maximum absolute atomic E-state index is 11.9. The molecule has 1 saturated heterocycles. The molecular weight excluding hydrogens is 272 g/mol. The van der Waals surface area contributed by atoms with E-state index in [1.807, 2.05) is 34.6 Å². The molecule has 1 rings (SSSR count). The number of nitrogens with zero attached hydrogens (tertiary/aromatic N) is 2. The van der Waals surface area contributed by atoms with Gasteiger partial charge in [0, 0.05) is 32.7 Å². The summed E-state index contributed by atoms with van der Waals surface area (Å²) in [5, 5.41) is 9.91. The van der Waals surface area contributed by atoms with Crippen molar-refractivity contribution in [3.05, 3.63) is 0 Å². The van der Waals surface area contributed by atoms with Crippen molar-refractivity contribution < 1.29 is 19.4 Å². The van der Waals surface area contributed by atoms with Crippen LogP contribution >= 0.6 is 0 Å². The summed E-state index contributed by atoms with van der Waals surface area (Å²) in [5.74, 6) is 0. The van der Waals surface area contributed by atoms with E-state index in [1.54, 1.807) is 4.90 Å². The molecule has 0 spiro atoms. The van der Waals surface area contributed by atoms with Crippen LogP contribution in [0, 0.1) is 0 Å². The maximum atomic E-state index is 11.9. The second kappa shape index (κ2) is 7.96. The average Bonchev–Trinajstić information content (AvgIpc) is 2.35. The molecule has 0 aliphatic carbocycles. The molecule has 1 aliphatic rings. The summed E-state index contributed by atoms with van der Waals surface area (Å²) in [7, 11) is 0. The molecule has 21 heavy (non-hydrogen) atoms. The normalized spacial score (nSPS) is 18.9. The number of amides is 1. The van der Waals surface area contributed by atoms with Crippen molar-refractivity contribution >= 4 is 6.09 Å². The van der Waals surface area contributed by atoms with Crippen molar-refractivity contribution in [1.82, 2.24) is 9.80 Å². The van der Waals surface area contributed by atoms with Gasteiger partial charge in [0.25, 0.3) is 0 Å². The first-order chi connectivity index (χ1) is 9.67. The van der Waals surface area contributed by atoms with Crippen LogP contribution in [0.5, 0.6) is 0 Å². The van der Waals surface area contributed by atoms with Gasteiger partial charge < -0.3 is 19.5 Å². The lowest BCUT2D eigenvalue weighted by atomic mass is 10.2. The molecule has 0 radical (unpaired) electrons. The highest BCUT2D eigenvalue weighted by Crippen LogP contribution is 2.12. The highest BCUT2D eigenvalue weighted by atomic mass is 16.6. The Bertz CT molecular complexity index is 320. The third kappa shape index (κ3) is 7.64. The Hall–Kier alpha value is -0.850. The lowest BCUT2D eigenvalue weighted by molar-refractivity contribution is -0.0185. The van der Waals surface area contributed by atoms with Gasteiger partial charge >= 0.3 is 6.09 Å². The van der Waals surface area contributed by atoms with Gasteiger partial charge in [0.1, 0.15) is 5.60 Å². The fraction of sp³-hybridized carbons (Fsp3) is 0.933. The molecule has 0 aromatic rings. The smallest absolute Gasteiger partial charge is 0.410 e. The topological polar surface area (TPSA) is 62.2 Å². The van der Waals surface area contributed by atoms with E-state index in [4.69, 9.17) is 9.47 Å². The third-order valence-corrected chi connectivity index (χ3v) is 3.11. The van der Waals surface area contributed by atoms with Crippen LogP contribution < -0.4 is 0 Å². The quantitative estimate of drug-likeness (QED) is 0.830. The summed E-state index contributed by atoms with van der Waals surface area (Å²) in [4.78, 5) is 15.8. The Morgan fingerprint density at radius 1 is 1.19 bits per heavy atom. The zero-order chi connectivity index (χ0) is 16.0. The van der Waals surface area contributed by atoms with E-state index in [0.717, 1.165) is 13.1 Å². The van der Waals surface area contributed by atoms with Crippen LogP contribution in [0.3, 0.4) is 0 Å². The van der Waals surface area contributed by atoms with Gasteiger partial charge in [-0.3, -0.25) is 4.90 Å². The molecular formula is C15H30N2O4. The van der Waals surface area contributed by atoms with Crippen LogP contribution in [0.15, 0.2) is 0 Å². The second-order valence-electron chi connectivity index (χ2n) is 6.80. The van der Waals surface area contributed by atoms with E-state index in [0.29, 0.717) is 26.2 Å². The lowest BCUT2D eigenvalue weighted by Gasteiger charge is -2.36. The largest absolute Gasteiger partial charge is 0.444 e. The van der Waals surface area contributed by atoms with Crippen LogP contribution in [-0.2, 0) is 9.47 Å². The molecule has 1 fully saturated rings. The summed E-state index contributed by atoms with van der Waals surface area (Å²) in [6.45, 7) is 13.2. The lowest BCUT2D eigenvalue weighted by Crippen LogP contribution is -2.51. The maximum Gasteiger partial charge on any atom is 0.410 e. The number of hydrogen-bond acceptors (Lipinski definition) is 5. The van der Waals surface area contributed by atoms with E-state index in [-0.39, 0.29) is 12.2 Å². The predicted molar refractivity (Wildman–Crippen MR) is 81.3 cm³/mol. The molecule has 1 aliphatic heterocycles. The minimum absolute atomic E-state index is 0.128. The number of carbonyl (C=O) groups excluding carboxylic acids is 1. The van der Waals surface area contributed by atoms with Crippen LogP contribution in [0.4, 0.5) is 4.79 Å². The number of carbonyl (C=O) groups is 1. The van der Waals surface area contributed by atoms with Crippen molar-refractivity contribution in [2.45, 2.75) is 52.4 Å². The van der Waals surface area contributed by atoms with Gasteiger partial charge in [-0.2, -0.15) is 0 Å². The SMILES string of the molecule is CC(C)OC[C@@H](O)CN1CCN(C(=O)OC(C)(C)C)CC1. The molecule has 1 heterocycles. The van der Waals surface area contributed by atoms with Crippen LogP contribution in [0.1, 0.15) is 34.6 Å². The molecule has 0 unspecified atom stereocenters. The van der Waals surface area contributed by atoms with Crippen LogP contribution in [0.2, 0.25) is 0 Å². The summed E-state index contributed by atoms with van der Waals surface area (Å²) >= 11 is 0. The minimum atomic E-state index is -0.486. The van der Waals surface area contributed by atoms with E-state index in [2.05, 4.69) is 4.90 Å². The molecule has 1 atom stereocenters. The average molecular weight is 302 g/mol. The summed E-state index contributed by atoms with van der Waals surface area (Å²) in [6.07, 6.45) is -0.616. The van der Waals surface area contributed by atoms with Gasteiger partial charge in [0.05, 0.1) is 18.8 Å². The highest BCUT2D eigenvalue weighted by Gasteiger charge is 2.26. The molecule has 0 aromatic heterocycles. The number of rotatable bonds is 5. The first-order valence-electron chi connectivity index (χ1n) is 7.67. The van der Waals surface area contributed by atoms with Gasteiger partial charge in [0.15, 0.2) is 0 Å². The van der Waals surface area contributed by atoms with Gasteiger partial charge in [-0.05, 0) is 34.6 Å². The monoisotopic (exact) mass is 302 g/mol. The van der Waals surface area contributed by atoms with Crippen LogP contribution in [0.25, 0.3) is 0 Å². The van der Waals surface area contributed by atoms with E-state index in [9.17, 15) is 9.90 Å². The molecule has 0 aromatic carbocycles. The van der Waals surface area contributed by atoms with E-state index < -0.39 is 11.7 Å². The van der Waals surface area contributed by atoms with Gasteiger partial charge in [-0.1, -0.05) is 0 Å². The van der Waals surface area contributed by atoms with Gasteiger partial charge in [-0.25, -0.2) is 4.79 Å². The molecule has 124 valence electrons. The molecule has 1 N–H and O–H groups in total. The fourth-order valence-electron chi connectivity index (χ4n) is 2.09. The first-order valence-corrected chi connectivity index (χ1v) is 7.67. The molecule has 0 saturated carbocycles. The molecule has 6 heteroatoms. The Labute approximate surface area is 128 Å². The number of hydrogen-bond donors (Lipinski definition) is 1. The Balaban J connectivity index is 2.27.